The van der Waals surface area contributed by atoms with Gasteiger partial charge in [-0.3, -0.25) is 9.59 Å². The first-order valence-corrected chi connectivity index (χ1v) is 6.72. The Bertz CT molecular complexity index is 297. The van der Waals surface area contributed by atoms with Crippen LogP contribution in [0.5, 0.6) is 0 Å². The monoisotopic (exact) mass is 255 g/mol. The third-order valence-corrected chi connectivity index (χ3v) is 3.51. The summed E-state index contributed by atoms with van der Waals surface area (Å²) in [5.41, 5.74) is 5.83. The molecule has 0 saturated carbocycles. The number of amides is 2. The summed E-state index contributed by atoms with van der Waals surface area (Å²) in [6.45, 7) is 3.33. The van der Waals surface area contributed by atoms with Gasteiger partial charge >= 0.3 is 0 Å². The van der Waals surface area contributed by atoms with Crippen LogP contribution < -0.4 is 5.73 Å². The molecule has 0 bridgehead atoms. The number of hydrogen-bond acceptors (Lipinski definition) is 3. The van der Waals surface area contributed by atoms with Crippen molar-refractivity contribution in [3.63, 3.8) is 0 Å². The Balaban J connectivity index is 2.44. The maximum absolute atomic E-state index is 12.0. The van der Waals surface area contributed by atoms with Crippen LogP contribution in [0.15, 0.2) is 0 Å². The first-order valence-electron chi connectivity index (χ1n) is 6.72. The van der Waals surface area contributed by atoms with Crippen molar-refractivity contribution >= 4 is 11.8 Å². The van der Waals surface area contributed by atoms with E-state index in [0.29, 0.717) is 13.1 Å². The normalized spacial score (nSPS) is 18.6. The number of rotatable bonds is 4. The van der Waals surface area contributed by atoms with Crippen LogP contribution in [-0.4, -0.2) is 54.8 Å². The lowest BCUT2D eigenvalue weighted by molar-refractivity contribution is -0.139. The van der Waals surface area contributed by atoms with Crippen molar-refractivity contribution < 1.29 is 9.59 Å². The highest BCUT2D eigenvalue weighted by atomic mass is 16.2. The maximum Gasteiger partial charge on any atom is 0.239 e. The first kappa shape index (κ1) is 15.0. The van der Waals surface area contributed by atoms with Crippen LogP contribution in [0.3, 0.4) is 0 Å². The average molecular weight is 255 g/mol. The Hall–Kier alpha value is -1.10. The minimum atomic E-state index is -0.379. The maximum atomic E-state index is 12.0. The summed E-state index contributed by atoms with van der Waals surface area (Å²) in [4.78, 5) is 27.2. The summed E-state index contributed by atoms with van der Waals surface area (Å²) >= 11 is 0. The van der Waals surface area contributed by atoms with Crippen LogP contribution in [0.2, 0.25) is 0 Å². The third-order valence-electron chi connectivity index (χ3n) is 3.51. The highest BCUT2D eigenvalue weighted by Crippen LogP contribution is 2.19. The molecule has 1 heterocycles. The van der Waals surface area contributed by atoms with Crippen molar-refractivity contribution in [2.24, 2.45) is 11.7 Å². The lowest BCUT2D eigenvalue weighted by Crippen LogP contribution is -2.48. The van der Waals surface area contributed by atoms with Gasteiger partial charge in [-0.1, -0.05) is 13.3 Å². The fourth-order valence-electron chi connectivity index (χ4n) is 2.38. The molecule has 1 aliphatic rings. The molecule has 1 atom stereocenters. The summed E-state index contributed by atoms with van der Waals surface area (Å²) in [5.74, 6) is 0.263. The van der Waals surface area contributed by atoms with Crippen LogP contribution in [0.1, 0.15) is 32.6 Å². The van der Waals surface area contributed by atoms with Gasteiger partial charge in [0.2, 0.25) is 11.8 Å². The van der Waals surface area contributed by atoms with Crippen molar-refractivity contribution in [2.75, 3.05) is 27.2 Å². The molecule has 0 radical (unpaired) electrons. The Morgan fingerprint density at radius 3 is 2.33 bits per heavy atom. The number of likely N-dealkylation sites (tertiary alicyclic amines) is 1. The molecule has 1 unspecified atom stereocenters. The molecule has 0 spiro atoms. The molecule has 1 fully saturated rings. The van der Waals surface area contributed by atoms with Gasteiger partial charge < -0.3 is 15.5 Å². The van der Waals surface area contributed by atoms with Crippen molar-refractivity contribution in [3.05, 3.63) is 0 Å². The second-order valence-electron chi connectivity index (χ2n) is 5.23. The van der Waals surface area contributed by atoms with Crippen LogP contribution in [0.4, 0.5) is 0 Å². The van der Waals surface area contributed by atoms with Crippen LogP contribution in [0, 0.1) is 5.92 Å². The Labute approximate surface area is 109 Å². The van der Waals surface area contributed by atoms with E-state index in [1.807, 2.05) is 6.92 Å². The van der Waals surface area contributed by atoms with Crippen molar-refractivity contribution in [3.8, 4) is 0 Å². The fraction of sp³-hybridized carbons (Fsp3) is 0.846. The Morgan fingerprint density at radius 2 is 1.89 bits per heavy atom. The van der Waals surface area contributed by atoms with Gasteiger partial charge in [-0.2, -0.15) is 0 Å². The number of nitrogens with zero attached hydrogens (tertiary/aromatic N) is 2. The van der Waals surface area contributed by atoms with Gasteiger partial charge in [-0.15, -0.1) is 0 Å². The van der Waals surface area contributed by atoms with E-state index in [4.69, 9.17) is 5.73 Å². The molecule has 1 saturated heterocycles. The molecule has 1 aliphatic heterocycles. The van der Waals surface area contributed by atoms with Gasteiger partial charge in [0.05, 0.1) is 6.04 Å². The van der Waals surface area contributed by atoms with E-state index in [-0.39, 0.29) is 23.8 Å². The summed E-state index contributed by atoms with van der Waals surface area (Å²) in [6, 6.07) is -0.379. The predicted octanol–water partition coefficient (Wildman–Crippen LogP) is 0.441. The van der Waals surface area contributed by atoms with Gasteiger partial charge in [0.1, 0.15) is 0 Å². The van der Waals surface area contributed by atoms with E-state index in [9.17, 15) is 9.59 Å². The van der Waals surface area contributed by atoms with Gasteiger partial charge in [-0.25, -0.2) is 0 Å². The van der Waals surface area contributed by atoms with E-state index in [1.54, 1.807) is 23.9 Å². The molecule has 104 valence electrons. The number of carbonyl (C=O) groups is 2. The molecule has 1 rings (SSSR count). The van der Waals surface area contributed by atoms with E-state index < -0.39 is 0 Å². The fourth-order valence-corrected chi connectivity index (χ4v) is 2.38. The molecule has 0 aromatic rings. The van der Waals surface area contributed by atoms with E-state index >= 15 is 0 Å². The standard InChI is InChI=1S/C13H25N3O2/c1-4-5-11(14)13(18)16-8-6-10(7-9-16)12(17)15(2)3/h10-11H,4-9,14H2,1-3H3. The second-order valence-corrected chi connectivity index (χ2v) is 5.23. The topological polar surface area (TPSA) is 66.6 Å². The molecule has 5 heteroatoms. The first-order chi connectivity index (χ1) is 8.47. The van der Waals surface area contributed by atoms with E-state index in [2.05, 4.69) is 0 Å². The summed E-state index contributed by atoms with van der Waals surface area (Å²) in [6.07, 6.45) is 3.15. The van der Waals surface area contributed by atoms with Crippen LogP contribution >= 0.6 is 0 Å². The van der Waals surface area contributed by atoms with Crippen molar-refractivity contribution in [1.82, 2.24) is 9.80 Å². The predicted molar refractivity (Wildman–Crippen MR) is 70.9 cm³/mol. The third kappa shape index (κ3) is 3.70. The molecule has 0 aliphatic carbocycles. The summed E-state index contributed by atoms with van der Waals surface area (Å²) < 4.78 is 0. The largest absolute Gasteiger partial charge is 0.349 e. The molecule has 0 aromatic carbocycles. The average Bonchev–Trinajstić information content (AvgIpc) is 2.37. The molecule has 18 heavy (non-hydrogen) atoms. The zero-order valence-electron chi connectivity index (χ0n) is 11.7. The minimum absolute atomic E-state index is 0.0348. The highest BCUT2D eigenvalue weighted by Gasteiger charge is 2.29. The lowest BCUT2D eigenvalue weighted by atomic mass is 9.95. The number of carbonyl (C=O) groups excluding carboxylic acids is 2. The van der Waals surface area contributed by atoms with Gasteiger partial charge in [0, 0.05) is 33.1 Å². The van der Waals surface area contributed by atoms with Gasteiger partial charge in [0.25, 0.3) is 0 Å². The SMILES string of the molecule is CCCC(N)C(=O)N1CCC(C(=O)N(C)C)CC1. The summed E-state index contributed by atoms with van der Waals surface area (Å²) in [7, 11) is 3.55. The highest BCUT2D eigenvalue weighted by molar-refractivity contribution is 5.82. The van der Waals surface area contributed by atoms with E-state index in [0.717, 1.165) is 25.7 Å². The second kappa shape index (κ2) is 6.73. The Kier molecular flexibility index (Phi) is 5.59. The van der Waals surface area contributed by atoms with Crippen molar-refractivity contribution in [2.45, 2.75) is 38.6 Å². The molecule has 2 amide bonds. The number of nitrogens with two attached hydrogens (primary N) is 1. The van der Waals surface area contributed by atoms with Crippen LogP contribution in [0.25, 0.3) is 0 Å². The number of hydrogen-bond donors (Lipinski definition) is 1. The smallest absolute Gasteiger partial charge is 0.239 e. The van der Waals surface area contributed by atoms with Gasteiger partial charge in [0.15, 0.2) is 0 Å². The molecule has 5 nitrogen and oxygen atoms in total. The molecular formula is C13H25N3O2. The molecule has 0 aromatic heterocycles. The lowest BCUT2D eigenvalue weighted by Gasteiger charge is -2.33. The van der Waals surface area contributed by atoms with Gasteiger partial charge in [-0.05, 0) is 19.3 Å². The zero-order chi connectivity index (χ0) is 13.7. The van der Waals surface area contributed by atoms with E-state index in [1.165, 1.54) is 0 Å². The van der Waals surface area contributed by atoms with Crippen molar-refractivity contribution in [1.29, 1.82) is 0 Å². The Morgan fingerprint density at radius 1 is 1.33 bits per heavy atom. The number of piperidine rings is 1. The van der Waals surface area contributed by atoms with Crippen LogP contribution in [-0.2, 0) is 9.59 Å². The summed E-state index contributed by atoms with van der Waals surface area (Å²) in [5, 5.41) is 0. The molecule has 2 N–H and O–H groups in total. The minimum Gasteiger partial charge on any atom is -0.349 e. The quantitative estimate of drug-likeness (QED) is 0.792. The molecular weight excluding hydrogens is 230 g/mol. The zero-order valence-corrected chi connectivity index (χ0v) is 11.7.